The van der Waals surface area contributed by atoms with Crippen LogP contribution in [0.5, 0.6) is 5.75 Å². The van der Waals surface area contributed by atoms with Crippen LogP contribution < -0.4 is 15.8 Å². The molecule has 2 heterocycles. The van der Waals surface area contributed by atoms with Crippen molar-refractivity contribution < 1.29 is 27.1 Å². The quantitative estimate of drug-likeness (QED) is 0.369. The van der Waals surface area contributed by atoms with E-state index in [0.29, 0.717) is 17.3 Å². The highest BCUT2D eigenvalue weighted by Gasteiger charge is 2.30. The van der Waals surface area contributed by atoms with E-state index in [0.717, 1.165) is 35.6 Å². The van der Waals surface area contributed by atoms with E-state index in [4.69, 9.17) is 14.9 Å². The van der Waals surface area contributed by atoms with Gasteiger partial charge < -0.3 is 20.2 Å². The highest BCUT2D eigenvalue weighted by atomic mass is 19.4. The van der Waals surface area contributed by atoms with Crippen LogP contribution in [-0.4, -0.2) is 32.0 Å². The number of hydrogen-bond acceptors (Lipinski definition) is 7. The topological polar surface area (TPSA) is 121 Å². The van der Waals surface area contributed by atoms with Crippen LogP contribution in [-0.2, 0) is 12.7 Å². The van der Waals surface area contributed by atoms with Gasteiger partial charge in [0.05, 0.1) is 18.2 Å². The predicted octanol–water partition coefficient (Wildman–Crippen LogP) is 4.93. The van der Waals surface area contributed by atoms with Crippen LogP contribution in [0.1, 0.15) is 41.4 Å². The Labute approximate surface area is 204 Å². The molecular weight excluding hydrogens is 477 g/mol. The number of nitrogens with one attached hydrogen (secondary N) is 1. The summed E-state index contributed by atoms with van der Waals surface area (Å²) < 4.78 is 50.9. The molecule has 9 nitrogen and oxygen atoms in total. The molecule has 4 aromatic rings. The molecule has 12 heteroatoms. The van der Waals surface area contributed by atoms with Gasteiger partial charge in [0.2, 0.25) is 5.89 Å². The van der Waals surface area contributed by atoms with Gasteiger partial charge in [-0.15, -0.1) is 5.10 Å². The molecule has 1 amide bonds. The Bertz CT molecular complexity index is 1360. The van der Waals surface area contributed by atoms with Gasteiger partial charge in [-0.3, -0.25) is 4.79 Å². The number of rotatable bonds is 7. The lowest BCUT2D eigenvalue weighted by molar-refractivity contribution is -0.137. The van der Waals surface area contributed by atoms with E-state index in [1.165, 1.54) is 4.68 Å². The predicted molar refractivity (Wildman–Crippen MR) is 125 cm³/mol. The Kier molecular flexibility index (Phi) is 6.69. The van der Waals surface area contributed by atoms with Crippen molar-refractivity contribution in [2.75, 3.05) is 11.1 Å². The van der Waals surface area contributed by atoms with E-state index in [1.54, 1.807) is 6.92 Å². The molecule has 0 aliphatic carbocycles. The number of ether oxygens (including phenoxy) is 1. The first-order chi connectivity index (χ1) is 17.0. The Morgan fingerprint density at radius 1 is 1.14 bits per heavy atom. The monoisotopic (exact) mass is 500 g/mol. The number of aryl methyl sites for hydroxylation is 1. The van der Waals surface area contributed by atoms with Crippen LogP contribution in [0.4, 0.5) is 24.7 Å². The summed E-state index contributed by atoms with van der Waals surface area (Å²) in [4.78, 5) is 17.1. The molecule has 3 N–H and O–H groups in total. The second-order valence-electron chi connectivity index (χ2n) is 8.22. The van der Waals surface area contributed by atoms with E-state index in [2.05, 4.69) is 20.6 Å². The Balaban J connectivity index is 1.46. The molecule has 0 radical (unpaired) electrons. The highest BCUT2D eigenvalue weighted by molar-refractivity contribution is 6.05. The zero-order chi connectivity index (χ0) is 26.0. The van der Waals surface area contributed by atoms with Gasteiger partial charge in [0.1, 0.15) is 17.2 Å². The fourth-order valence-electron chi connectivity index (χ4n) is 3.32. The molecule has 2 aromatic heterocycles. The molecule has 2 aromatic carbocycles. The summed E-state index contributed by atoms with van der Waals surface area (Å²) in [6, 6.07) is 11.3. The van der Waals surface area contributed by atoms with Gasteiger partial charge >= 0.3 is 6.18 Å². The van der Waals surface area contributed by atoms with Crippen molar-refractivity contribution in [2.24, 2.45) is 0 Å². The average Bonchev–Trinajstić information content (AvgIpc) is 3.36. The fourth-order valence-corrected chi connectivity index (χ4v) is 3.32. The number of nitrogens with zero attached hydrogens (tertiary/aromatic N) is 4. The SMILES string of the molecule is Cc1oc(-c2ccc(OC(C)C)cc2)nc1Cn1nnc(C(=O)Nc2ccc(C(F)(F)F)cc2)c1N. The average molecular weight is 500 g/mol. The Morgan fingerprint density at radius 3 is 2.42 bits per heavy atom. The van der Waals surface area contributed by atoms with E-state index >= 15 is 0 Å². The van der Waals surface area contributed by atoms with Gasteiger partial charge in [-0.2, -0.15) is 13.2 Å². The fraction of sp³-hybridized carbons (Fsp3) is 0.250. The van der Waals surface area contributed by atoms with Crippen LogP contribution in [0.15, 0.2) is 52.9 Å². The molecule has 0 saturated heterocycles. The first-order valence-electron chi connectivity index (χ1n) is 10.9. The number of nitrogens with two attached hydrogens (primary N) is 1. The van der Waals surface area contributed by atoms with Crippen molar-refractivity contribution in [2.45, 2.75) is 39.6 Å². The van der Waals surface area contributed by atoms with Crippen molar-refractivity contribution in [1.82, 2.24) is 20.0 Å². The molecule has 0 bridgehead atoms. The third kappa shape index (κ3) is 5.48. The molecule has 0 unspecified atom stereocenters. The number of hydrogen-bond donors (Lipinski definition) is 2. The van der Waals surface area contributed by atoms with Gasteiger partial charge in [-0.1, -0.05) is 5.21 Å². The first kappa shape index (κ1) is 24.8. The number of halogens is 3. The number of benzene rings is 2. The van der Waals surface area contributed by atoms with Crippen molar-refractivity contribution in [3.05, 3.63) is 71.2 Å². The minimum atomic E-state index is -4.47. The molecule has 0 spiro atoms. The summed E-state index contributed by atoms with van der Waals surface area (Å²) >= 11 is 0. The molecule has 188 valence electrons. The second kappa shape index (κ2) is 9.72. The largest absolute Gasteiger partial charge is 0.491 e. The van der Waals surface area contributed by atoms with E-state index < -0.39 is 17.6 Å². The minimum Gasteiger partial charge on any atom is -0.491 e. The van der Waals surface area contributed by atoms with Gasteiger partial charge in [-0.25, -0.2) is 9.67 Å². The van der Waals surface area contributed by atoms with E-state index in [9.17, 15) is 18.0 Å². The van der Waals surface area contributed by atoms with Crippen LogP contribution >= 0.6 is 0 Å². The van der Waals surface area contributed by atoms with Crippen molar-refractivity contribution in [3.63, 3.8) is 0 Å². The minimum absolute atomic E-state index is 0.0291. The molecule has 0 fully saturated rings. The van der Waals surface area contributed by atoms with Crippen molar-refractivity contribution in [3.8, 4) is 17.2 Å². The molecule has 0 atom stereocenters. The third-order valence-electron chi connectivity index (χ3n) is 5.12. The zero-order valence-corrected chi connectivity index (χ0v) is 19.6. The number of oxazole rings is 1. The number of anilines is 2. The molecule has 0 saturated carbocycles. The second-order valence-corrected chi connectivity index (χ2v) is 8.22. The number of carbonyl (C=O) groups excluding carboxylic acids is 1. The third-order valence-corrected chi connectivity index (χ3v) is 5.12. The van der Waals surface area contributed by atoms with Gasteiger partial charge in [-0.05, 0) is 69.3 Å². The van der Waals surface area contributed by atoms with E-state index in [1.807, 2.05) is 38.1 Å². The van der Waals surface area contributed by atoms with Gasteiger partial charge in [0.25, 0.3) is 5.91 Å². The lowest BCUT2D eigenvalue weighted by Gasteiger charge is -2.09. The molecular formula is C24H23F3N6O3. The summed E-state index contributed by atoms with van der Waals surface area (Å²) in [7, 11) is 0. The summed E-state index contributed by atoms with van der Waals surface area (Å²) in [5.41, 5.74) is 6.52. The maximum atomic E-state index is 12.7. The van der Waals surface area contributed by atoms with Gasteiger partial charge in [0, 0.05) is 11.3 Å². The lowest BCUT2D eigenvalue weighted by Crippen LogP contribution is -2.15. The van der Waals surface area contributed by atoms with Crippen LogP contribution in [0, 0.1) is 6.92 Å². The summed E-state index contributed by atoms with van der Waals surface area (Å²) in [6.07, 6.45) is -4.41. The maximum Gasteiger partial charge on any atom is 0.416 e. The molecule has 36 heavy (non-hydrogen) atoms. The number of nitrogen functional groups attached to an aromatic ring is 1. The highest BCUT2D eigenvalue weighted by Crippen LogP contribution is 2.30. The Morgan fingerprint density at radius 2 is 1.81 bits per heavy atom. The van der Waals surface area contributed by atoms with Crippen molar-refractivity contribution >= 4 is 17.4 Å². The summed E-state index contributed by atoms with van der Waals surface area (Å²) in [5.74, 6) is 0.934. The first-order valence-corrected chi connectivity index (χ1v) is 10.9. The lowest BCUT2D eigenvalue weighted by atomic mass is 10.2. The van der Waals surface area contributed by atoms with Crippen LogP contribution in [0.2, 0.25) is 0 Å². The number of carbonyl (C=O) groups is 1. The van der Waals surface area contributed by atoms with E-state index in [-0.39, 0.29) is 29.8 Å². The number of aromatic nitrogens is 4. The van der Waals surface area contributed by atoms with Crippen molar-refractivity contribution in [1.29, 1.82) is 0 Å². The number of amides is 1. The zero-order valence-electron chi connectivity index (χ0n) is 19.6. The molecule has 4 rings (SSSR count). The van der Waals surface area contributed by atoms with Crippen LogP contribution in [0.3, 0.4) is 0 Å². The standard InChI is InChI=1S/C24H23F3N6O3/c1-13(2)35-18-10-4-15(5-11-18)23-30-19(14(3)36-23)12-33-21(28)20(31-32-33)22(34)29-17-8-6-16(7-9-17)24(25,26)27/h4-11,13H,12,28H2,1-3H3,(H,29,34). The Hall–Kier alpha value is -4.35. The maximum absolute atomic E-state index is 12.7. The van der Waals surface area contributed by atoms with Gasteiger partial charge in [0.15, 0.2) is 11.5 Å². The normalized spacial score (nSPS) is 11.6. The summed E-state index contributed by atoms with van der Waals surface area (Å²) in [6.45, 7) is 5.72. The summed E-state index contributed by atoms with van der Waals surface area (Å²) in [5, 5.41) is 10.2. The van der Waals surface area contributed by atoms with Crippen LogP contribution in [0.25, 0.3) is 11.5 Å². The smallest absolute Gasteiger partial charge is 0.416 e. The number of alkyl halides is 3. The molecule has 0 aliphatic heterocycles. The molecule has 0 aliphatic rings.